The van der Waals surface area contributed by atoms with Crippen LogP contribution < -0.4 is 0 Å². The zero-order chi connectivity index (χ0) is 18.8. The highest BCUT2D eigenvalue weighted by Crippen LogP contribution is 2.29. The molecule has 4 rings (SSSR count). The summed E-state index contributed by atoms with van der Waals surface area (Å²) in [6.45, 7) is 2.10. The van der Waals surface area contributed by atoms with Crippen LogP contribution in [0.2, 0.25) is 5.02 Å². The lowest BCUT2D eigenvalue weighted by atomic mass is 10.1. The zero-order valence-corrected chi connectivity index (χ0v) is 17.3. The molecule has 0 amide bonds. The number of halogens is 1. The van der Waals surface area contributed by atoms with Gasteiger partial charge in [-0.2, -0.15) is 0 Å². The first-order valence-corrected chi connectivity index (χ1v) is 10.6. The van der Waals surface area contributed by atoms with Crippen molar-refractivity contribution >= 4 is 34.7 Å². The van der Waals surface area contributed by atoms with Crippen LogP contribution >= 0.6 is 34.7 Å². The summed E-state index contributed by atoms with van der Waals surface area (Å²) in [7, 11) is 1.98. The van der Waals surface area contributed by atoms with E-state index in [1.165, 1.54) is 11.1 Å². The number of hydrogen-bond donors (Lipinski definition) is 0. The number of benzene rings is 2. The molecule has 0 atom stereocenters. The van der Waals surface area contributed by atoms with Gasteiger partial charge in [-0.05, 0) is 37.3 Å². The molecule has 0 saturated heterocycles. The van der Waals surface area contributed by atoms with Crippen molar-refractivity contribution in [3.05, 3.63) is 70.2 Å². The van der Waals surface area contributed by atoms with Crippen LogP contribution in [0, 0.1) is 6.92 Å². The van der Waals surface area contributed by atoms with E-state index in [4.69, 9.17) is 16.6 Å². The van der Waals surface area contributed by atoms with E-state index in [0.29, 0.717) is 5.02 Å². The molecule has 0 unspecified atom stereocenters. The normalized spacial score (nSPS) is 11.1. The van der Waals surface area contributed by atoms with Gasteiger partial charge in [-0.15, -0.1) is 21.5 Å². The summed E-state index contributed by atoms with van der Waals surface area (Å²) in [5.41, 5.74) is 4.46. The predicted molar refractivity (Wildman–Crippen MR) is 113 cm³/mol. The number of aromatic nitrogens is 4. The fourth-order valence-corrected chi connectivity index (χ4v) is 4.57. The zero-order valence-electron chi connectivity index (χ0n) is 14.9. The van der Waals surface area contributed by atoms with Gasteiger partial charge in [0.2, 0.25) is 0 Å². The van der Waals surface area contributed by atoms with E-state index < -0.39 is 0 Å². The molecule has 7 heteroatoms. The van der Waals surface area contributed by atoms with E-state index in [0.717, 1.165) is 33.0 Å². The topological polar surface area (TPSA) is 43.6 Å². The number of hydrogen-bond acceptors (Lipinski definition) is 5. The first kappa shape index (κ1) is 18.2. The molecule has 0 N–H and O–H groups in total. The number of thioether (sulfide) groups is 1. The van der Waals surface area contributed by atoms with Crippen LogP contribution in [0.1, 0.15) is 11.3 Å². The van der Waals surface area contributed by atoms with Gasteiger partial charge < -0.3 is 4.57 Å². The Morgan fingerprint density at radius 3 is 2.67 bits per heavy atom. The average molecular weight is 413 g/mol. The highest BCUT2D eigenvalue weighted by Gasteiger charge is 2.12. The molecule has 0 fully saturated rings. The Morgan fingerprint density at radius 2 is 1.89 bits per heavy atom. The lowest BCUT2D eigenvalue weighted by Gasteiger charge is -2.03. The summed E-state index contributed by atoms with van der Waals surface area (Å²) in [6.07, 6.45) is 0. The molecule has 0 aliphatic carbocycles. The van der Waals surface area contributed by atoms with E-state index in [9.17, 15) is 0 Å². The second-order valence-electron chi connectivity index (χ2n) is 6.17. The second-order valence-corrected chi connectivity index (χ2v) is 8.41. The van der Waals surface area contributed by atoms with Crippen molar-refractivity contribution in [2.75, 3.05) is 0 Å². The van der Waals surface area contributed by atoms with E-state index in [1.54, 1.807) is 23.1 Å². The molecule has 2 aromatic carbocycles. The van der Waals surface area contributed by atoms with E-state index >= 15 is 0 Å². The Hall–Kier alpha value is -2.15. The molecule has 0 aliphatic heterocycles. The SMILES string of the molecule is Cc1cccc(-c2nc(CSc3nnc(-c4ccc(Cl)cc4)n3C)cs2)c1. The molecular weight excluding hydrogens is 396 g/mol. The molecule has 27 heavy (non-hydrogen) atoms. The summed E-state index contributed by atoms with van der Waals surface area (Å²) >= 11 is 9.28. The Labute approximate surface area is 171 Å². The monoisotopic (exact) mass is 412 g/mol. The van der Waals surface area contributed by atoms with Gasteiger partial charge in [-0.25, -0.2) is 4.98 Å². The first-order chi connectivity index (χ1) is 13.1. The smallest absolute Gasteiger partial charge is 0.191 e. The predicted octanol–water partition coefficient (Wildman–Crippen LogP) is 5.86. The fraction of sp³-hybridized carbons (Fsp3) is 0.150. The van der Waals surface area contributed by atoms with Gasteiger partial charge >= 0.3 is 0 Å². The Kier molecular flexibility index (Phi) is 5.29. The summed E-state index contributed by atoms with van der Waals surface area (Å²) in [5.74, 6) is 1.59. The Balaban J connectivity index is 1.47. The van der Waals surface area contributed by atoms with Gasteiger partial charge in [0.15, 0.2) is 11.0 Å². The third-order valence-corrected chi connectivity index (χ3v) is 6.35. The number of thiazole rings is 1. The first-order valence-electron chi connectivity index (χ1n) is 8.40. The molecule has 0 bridgehead atoms. The Bertz CT molecular complexity index is 1070. The minimum absolute atomic E-state index is 0.712. The molecule has 4 nitrogen and oxygen atoms in total. The van der Waals surface area contributed by atoms with Crippen molar-refractivity contribution in [1.82, 2.24) is 19.7 Å². The van der Waals surface area contributed by atoms with Gasteiger partial charge in [0.25, 0.3) is 0 Å². The molecule has 2 aromatic heterocycles. The molecule has 136 valence electrons. The number of aryl methyl sites for hydroxylation is 1. The maximum absolute atomic E-state index is 5.96. The summed E-state index contributed by atoms with van der Waals surface area (Å²) in [5, 5.41) is 13.4. The summed E-state index contributed by atoms with van der Waals surface area (Å²) in [4.78, 5) is 4.77. The van der Waals surface area contributed by atoms with Crippen molar-refractivity contribution in [2.45, 2.75) is 17.8 Å². The lowest BCUT2D eigenvalue weighted by Crippen LogP contribution is -1.95. The molecule has 4 aromatic rings. The van der Waals surface area contributed by atoms with E-state index in [1.807, 2.05) is 35.9 Å². The summed E-state index contributed by atoms with van der Waals surface area (Å²) < 4.78 is 2.00. The quantitative estimate of drug-likeness (QED) is 0.385. The lowest BCUT2D eigenvalue weighted by molar-refractivity contribution is 0.793. The van der Waals surface area contributed by atoms with Crippen molar-refractivity contribution < 1.29 is 0 Å². The largest absolute Gasteiger partial charge is 0.305 e. The van der Waals surface area contributed by atoms with Crippen LogP contribution in [-0.4, -0.2) is 19.7 Å². The molecule has 2 heterocycles. The van der Waals surface area contributed by atoms with Gasteiger partial charge in [0.05, 0.1) is 5.69 Å². The van der Waals surface area contributed by atoms with Crippen LogP contribution in [0.25, 0.3) is 22.0 Å². The van der Waals surface area contributed by atoms with E-state index in [-0.39, 0.29) is 0 Å². The molecule has 0 spiro atoms. The van der Waals surface area contributed by atoms with Gasteiger partial charge in [-0.1, -0.05) is 47.1 Å². The molecule has 0 radical (unpaired) electrons. The van der Waals surface area contributed by atoms with Crippen LogP contribution in [0.4, 0.5) is 0 Å². The maximum Gasteiger partial charge on any atom is 0.191 e. The highest BCUT2D eigenvalue weighted by atomic mass is 35.5. The van der Waals surface area contributed by atoms with Crippen LogP contribution in [0.5, 0.6) is 0 Å². The minimum Gasteiger partial charge on any atom is -0.305 e. The van der Waals surface area contributed by atoms with Gasteiger partial charge in [-0.3, -0.25) is 0 Å². The van der Waals surface area contributed by atoms with E-state index in [2.05, 4.69) is 46.8 Å². The number of rotatable bonds is 5. The van der Waals surface area contributed by atoms with Gasteiger partial charge in [0.1, 0.15) is 5.01 Å². The minimum atomic E-state index is 0.712. The Morgan fingerprint density at radius 1 is 1.07 bits per heavy atom. The standard InChI is InChI=1S/C20H17ClN4S2/c1-13-4-3-5-15(10-13)19-22-17(11-26-19)12-27-20-24-23-18(25(20)2)14-6-8-16(21)9-7-14/h3-11H,12H2,1-2H3. The molecular formula is C20H17ClN4S2. The molecule has 0 saturated carbocycles. The van der Waals surface area contributed by atoms with Crippen molar-refractivity contribution in [1.29, 1.82) is 0 Å². The van der Waals surface area contributed by atoms with Crippen molar-refractivity contribution in [3.63, 3.8) is 0 Å². The fourth-order valence-electron chi connectivity index (χ4n) is 2.71. The van der Waals surface area contributed by atoms with Crippen LogP contribution in [0.15, 0.2) is 59.1 Å². The molecule has 0 aliphatic rings. The van der Waals surface area contributed by atoms with Gasteiger partial charge in [0, 0.05) is 34.3 Å². The van der Waals surface area contributed by atoms with Crippen molar-refractivity contribution in [2.24, 2.45) is 7.05 Å². The third-order valence-electron chi connectivity index (χ3n) is 4.10. The maximum atomic E-state index is 5.96. The van der Waals surface area contributed by atoms with Crippen LogP contribution in [0.3, 0.4) is 0 Å². The average Bonchev–Trinajstić information content (AvgIpc) is 3.28. The van der Waals surface area contributed by atoms with Crippen molar-refractivity contribution in [3.8, 4) is 22.0 Å². The second kappa shape index (κ2) is 7.84. The van der Waals surface area contributed by atoms with Crippen LogP contribution in [-0.2, 0) is 12.8 Å². The highest BCUT2D eigenvalue weighted by molar-refractivity contribution is 7.98. The number of nitrogens with zero attached hydrogens (tertiary/aromatic N) is 4. The summed E-state index contributed by atoms with van der Waals surface area (Å²) in [6, 6.07) is 16.1. The third kappa shape index (κ3) is 4.08.